The van der Waals surface area contributed by atoms with Gasteiger partial charge in [0.2, 0.25) is 0 Å². The lowest BCUT2D eigenvalue weighted by Crippen LogP contribution is -2.33. The van der Waals surface area contributed by atoms with E-state index >= 15 is 0 Å². The second kappa shape index (κ2) is 6.02. The Kier molecular flexibility index (Phi) is 5.17. The van der Waals surface area contributed by atoms with Gasteiger partial charge in [0.1, 0.15) is 0 Å². The number of aliphatic hydroxyl groups excluding tert-OH is 1. The van der Waals surface area contributed by atoms with Crippen LogP contribution in [0, 0.1) is 17.3 Å². The summed E-state index contributed by atoms with van der Waals surface area (Å²) in [6, 6.07) is 0. The van der Waals surface area contributed by atoms with Crippen molar-refractivity contribution in [2.45, 2.75) is 59.9 Å². The summed E-state index contributed by atoms with van der Waals surface area (Å²) in [5.74, 6) is -0.108. The fourth-order valence-corrected chi connectivity index (χ4v) is 2.16. The monoisotopic (exact) mass is 258 g/mol. The third-order valence-corrected chi connectivity index (χ3v) is 3.22. The number of ether oxygens (including phenoxy) is 2. The van der Waals surface area contributed by atoms with Crippen molar-refractivity contribution >= 4 is 5.97 Å². The topological polar surface area (TPSA) is 55.8 Å². The van der Waals surface area contributed by atoms with Crippen LogP contribution in [0.5, 0.6) is 0 Å². The number of carbonyl (C=O) groups excluding carboxylic acids is 1. The van der Waals surface area contributed by atoms with Gasteiger partial charge in [-0.1, -0.05) is 34.6 Å². The van der Waals surface area contributed by atoms with E-state index in [-0.39, 0.29) is 23.2 Å². The molecule has 1 aliphatic rings. The van der Waals surface area contributed by atoms with Crippen LogP contribution in [0.15, 0.2) is 0 Å². The molecule has 0 aromatic heterocycles. The highest BCUT2D eigenvalue weighted by Crippen LogP contribution is 2.30. The van der Waals surface area contributed by atoms with Crippen molar-refractivity contribution in [3.8, 4) is 0 Å². The molecule has 0 radical (unpaired) electrons. The third-order valence-electron chi connectivity index (χ3n) is 3.22. The highest BCUT2D eigenvalue weighted by atomic mass is 16.7. The van der Waals surface area contributed by atoms with Gasteiger partial charge in [0.15, 0.2) is 12.4 Å². The van der Waals surface area contributed by atoms with Gasteiger partial charge in [-0.3, -0.25) is 4.79 Å². The van der Waals surface area contributed by atoms with Crippen molar-refractivity contribution in [2.24, 2.45) is 17.3 Å². The maximum atomic E-state index is 12.2. The summed E-state index contributed by atoms with van der Waals surface area (Å²) >= 11 is 0. The molecule has 0 amide bonds. The number of rotatable bonds is 4. The minimum Gasteiger partial charge on any atom is -0.457 e. The van der Waals surface area contributed by atoms with Gasteiger partial charge in [-0.2, -0.15) is 0 Å². The van der Waals surface area contributed by atoms with E-state index < -0.39 is 12.4 Å². The van der Waals surface area contributed by atoms with Gasteiger partial charge >= 0.3 is 5.97 Å². The van der Waals surface area contributed by atoms with Crippen LogP contribution in [0.4, 0.5) is 0 Å². The zero-order chi connectivity index (χ0) is 13.9. The molecule has 1 N–H and O–H groups in total. The molecule has 106 valence electrons. The number of esters is 1. The Balaban J connectivity index is 2.60. The first kappa shape index (κ1) is 15.4. The van der Waals surface area contributed by atoms with Gasteiger partial charge in [0.05, 0.1) is 12.5 Å². The van der Waals surface area contributed by atoms with Crippen molar-refractivity contribution in [3.05, 3.63) is 0 Å². The third kappa shape index (κ3) is 4.58. The summed E-state index contributed by atoms with van der Waals surface area (Å²) in [5.41, 5.74) is 0.0821. The molecule has 3 atom stereocenters. The molecule has 1 rings (SSSR count). The van der Waals surface area contributed by atoms with Crippen molar-refractivity contribution < 1.29 is 19.4 Å². The summed E-state index contributed by atoms with van der Waals surface area (Å²) in [7, 11) is 0. The number of carbonyl (C=O) groups is 1. The molecular weight excluding hydrogens is 232 g/mol. The first-order valence-electron chi connectivity index (χ1n) is 6.71. The van der Waals surface area contributed by atoms with E-state index in [0.29, 0.717) is 13.0 Å². The Morgan fingerprint density at radius 3 is 2.44 bits per heavy atom. The van der Waals surface area contributed by atoms with Gasteiger partial charge in [-0.15, -0.1) is 0 Å². The summed E-state index contributed by atoms with van der Waals surface area (Å²) in [6.45, 7) is 10.8. The van der Waals surface area contributed by atoms with E-state index in [0.717, 1.165) is 6.42 Å². The molecule has 3 unspecified atom stereocenters. The maximum Gasteiger partial charge on any atom is 0.309 e. The lowest BCUT2D eigenvalue weighted by molar-refractivity contribution is -0.173. The van der Waals surface area contributed by atoms with Gasteiger partial charge in [0, 0.05) is 6.42 Å². The zero-order valence-corrected chi connectivity index (χ0v) is 12.1. The fraction of sp³-hybridized carbons (Fsp3) is 0.929. The summed E-state index contributed by atoms with van der Waals surface area (Å²) in [6.07, 6.45) is -0.101. The van der Waals surface area contributed by atoms with Gasteiger partial charge in [-0.25, -0.2) is 0 Å². The normalized spacial score (nSPS) is 26.4. The molecule has 18 heavy (non-hydrogen) atoms. The standard InChI is InChI=1S/C14H26O4/c1-9(2)10(8-14(3,4)5)12(15)18-11-6-7-17-13(11)16/h9-11,13,16H,6-8H2,1-5H3. The Bertz CT molecular complexity index is 280. The zero-order valence-electron chi connectivity index (χ0n) is 12.1. The maximum absolute atomic E-state index is 12.2. The number of hydrogen-bond acceptors (Lipinski definition) is 4. The molecule has 0 aromatic rings. The predicted molar refractivity (Wildman–Crippen MR) is 68.9 cm³/mol. The van der Waals surface area contributed by atoms with E-state index in [2.05, 4.69) is 20.8 Å². The molecule has 1 aliphatic heterocycles. The van der Waals surface area contributed by atoms with Crippen LogP contribution in [0.3, 0.4) is 0 Å². The molecule has 0 bridgehead atoms. The highest BCUT2D eigenvalue weighted by molar-refractivity contribution is 5.73. The summed E-state index contributed by atoms with van der Waals surface area (Å²) < 4.78 is 10.4. The van der Waals surface area contributed by atoms with Crippen LogP contribution in [-0.4, -0.2) is 30.1 Å². The number of hydrogen-bond donors (Lipinski definition) is 1. The van der Waals surface area contributed by atoms with Crippen LogP contribution >= 0.6 is 0 Å². The lowest BCUT2D eigenvalue weighted by atomic mass is 9.80. The van der Waals surface area contributed by atoms with Gasteiger partial charge < -0.3 is 14.6 Å². The average Bonchev–Trinajstić information content (AvgIpc) is 2.59. The van der Waals surface area contributed by atoms with E-state index in [1.807, 2.05) is 13.8 Å². The Hall–Kier alpha value is -0.610. The quantitative estimate of drug-likeness (QED) is 0.786. The summed E-state index contributed by atoms with van der Waals surface area (Å²) in [4.78, 5) is 12.2. The van der Waals surface area contributed by atoms with Gasteiger partial charge in [-0.05, 0) is 17.8 Å². The Morgan fingerprint density at radius 1 is 1.44 bits per heavy atom. The van der Waals surface area contributed by atoms with E-state index in [4.69, 9.17) is 9.47 Å². The molecule has 0 spiro atoms. The molecule has 0 aromatic carbocycles. The molecule has 1 saturated heterocycles. The SMILES string of the molecule is CC(C)C(CC(C)(C)C)C(=O)OC1CCOC1O. The molecule has 1 fully saturated rings. The smallest absolute Gasteiger partial charge is 0.309 e. The van der Waals surface area contributed by atoms with E-state index in [1.54, 1.807) is 0 Å². The summed E-state index contributed by atoms with van der Waals surface area (Å²) in [5, 5.41) is 9.49. The van der Waals surface area contributed by atoms with Gasteiger partial charge in [0.25, 0.3) is 0 Å². The highest BCUT2D eigenvalue weighted by Gasteiger charge is 2.34. The first-order valence-corrected chi connectivity index (χ1v) is 6.71. The molecular formula is C14H26O4. The molecule has 0 aliphatic carbocycles. The van der Waals surface area contributed by atoms with E-state index in [9.17, 15) is 9.90 Å². The van der Waals surface area contributed by atoms with Crippen LogP contribution in [0.2, 0.25) is 0 Å². The van der Waals surface area contributed by atoms with Crippen molar-refractivity contribution in [1.29, 1.82) is 0 Å². The van der Waals surface area contributed by atoms with Crippen LogP contribution < -0.4 is 0 Å². The first-order chi connectivity index (χ1) is 8.20. The van der Waals surface area contributed by atoms with Crippen LogP contribution in [0.25, 0.3) is 0 Å². The molecule has 4 heteroatoms. The lowest BCUT2D eigenvalue weighted by Gasteiger charge is -2.28. The Morgan fingerprint density at radius 2 is 2.06 bits per heavy atom. The van der Waals surface area contributed by atoms with Crippen molar-refractivity contribution in [2.75, 3.05) is 6.61 Å². The largest absolute Gasteiger partial charge is 0.457 e. The van der Waals surface area contributed by atoms with E-state index in [1.165, 1.54) is 0 Å². The minimum absolute atomic E-state index is 0.0821. The molecule has 4 nitrogen and oxygen atoms in total. The van der Waals surface area contributed by atoms with Crippen LogP contribution in [-0.2, 0) is 14.3 Å². The average molecular weight is 258 g/mol. The van der Waals surface area contributed by atoms with Crippen molar-refractivity contribution in [3.63, 3.8) is 0 Å². The van der Waals surface area contributed by atoms with Crippen LogP contribution in [0.1, 0.15) is 47.5 Å². The minimum atomic E-state index is -0.962. The number of aliphatic hydroxyl groups is 1. The second-order valence-electron chi connectivity index (χ2n) is 6.64. The molecule has 1 heterocycles. The predicted octanol–water partition coefficient (Wildman–Crippen LogP) is 2.35. The van der Waals surface area contributed by atoms with Crippen molar-refractivity contribution in [1.82, 2.24) is 0 Å². The second-order valence-corrected chi connectivity index (χ2v) is 6.64. The fourth-order valence-electron chi connectivity index (χ4n) is 2.16. The Labute approximate surface area is 110 Å². The molecule has 0 saturated carbocycles.